The standard InChI is InChI=1S/C14H20N2O4/c1-11(13-6-4-3-5-7-13)14-10-15(8-9-19-14)12(2)20-16(17)18/h3-7,11-12,14H,8-10H2,1-2H3. The van der Waals surface area contributed by atoms with Gasteiger partial charge in [-0.1, -0.05) is 37.3 Å². The van der Waals surface area contributed by atoms with Crippen molar-refractivity contribution in [3.63, 3.8) is 0 Å². The van der Waals surface area contributed by atoms with Crippen LogP contribution in [-0.2, 0) is 9.57 Å². The summed E-state index contributed by atoms with van der Waals surface area (Å²) in [4.78, 5) is 17.0. The molecule has 1 aromatic rings. The van der Waals surface area contributed by atoms with Crippen molar-refractivity contribution < 1.29 is 14.7 Å². The lowest BCUT2D eigenvalue weighted by atomic mass is 9.94. The first-order chi connectivity index (χ1) is 9.58. The highest BCUT2D eigenvalue weighted by Gasteiger charge is 2.29. The molecule has 0 N–H and O–H groups in total. The molecule has 20 heavy (non-hydrogen) atoms. The van der Waals surface area contributed by atoms with Crippen LogP contribution in [0.2, 0.25) is 0 Å². The van der Waals surface area contributed by atoms with Crippen molar-refractivity contribution in [2.24, 2.45) is 0 Å². The van der Waals surface area contributed by atoms with E-state index in [1.165, 1.54) is 5.56 Å². The third-order valence-electron chi connectivity index (χ3n) is 3.76. The average molecular weight is 280 g/mol. The fourth-order valence-corrected chi connectivity index (χ4v) is 2.49. The van der Waals surface area contributed by atoms with E-state index < -0.39 is 11.3 Å². The lowest BCUT2D eigenvalue weighted by Gasteiger charge is -2.38. The van der Waals surface area contributed by atoms with Gasteiger partial charge >= 0.3 is 0 Å². The van der Waals surface area contributed by atoms with Crippen molar-refractivity contribution in [2.45, 2.75) is 32.1 Å². The predicted octanol–water partition coefficient (Wildman–Crippen LogP) is 2.05. The molecule has 0 saturated carbocycles. The van der Waals surface area contributed by atoms with E-state index >= 15 is 0 Å². The average Bonchev–Trinajstić information content (AvgIpc) is 2.47. The van der Waals surface area contributed by atoms with Gasteiger partial charge in [0.2, 0.25) is 0 Å². The molecule has 2 rings (SSSR count). The Morgan fingerprint density at radius 1 is 1.40 bits per heavy atom. The van der Waals surface area contributed by atoms with Crippen LogP contribution in [0.5, 0.6) is 0 Å². The molecule has 0 aromatic heterocycles. The van der Waals surface area contributed by atoms with Gasteiger partial charge in [0.05, 0.1) is 12.7 Å². The van der Waals surface area contributed by atoms with E-state index in [-0.39, 0.29) is 12.0 Å². The fourth-order valence-electron chi connectivity index (χ4n) is 2.49. The Balaban J connectivity index is 1.98. The van der Waals surface area contributed by atoms with Crippen molar-refractivity contribution >= 4 is 0 Å². The topological polar surface area (TPSA) is 64.8 Å². The number of hydrogen-bond donors (Lipinski definition) is 0. The Morgan fingerprint density at radius 2 is 2.10 bits per heavy atom. The van der Waals surface area contributed by atoms with Gasteiger partial charge in [0.15, 0.2) is 6.23 Å². The van der Waals surface area contributed by atoms with Crippen LogP contribution in [0.1, 0.15) is 25.3 Å². The van der Waals surface area contributed by atoms with Crippen molar-refractivity contribution in [1.29, 1.82) is 0 Å². The first-order valence-corrected chi connectivity index (χ1v) is 6.79. The molecule has 3 atom stereocenters. The van der Waals surface area contributed by atoms with E-state index in [2.05, 4.69) is 23.9 Å². The second-order valence-corrected chi connectivity index (χ2v) is 5.03. The third-order valence-corrected chi connectivity index (χ3v) is 3.76. The van der Waals surface area contributed by atoms with E-state index in [0.29, 0.717) is 19.7 Å². The molecule has 1 aliphatic rings. The molecule has 0 aliphatic carbocycles. The summed E-state index contributed by atoms with van der Waals surface area (Å²) in [5.41, 5.74) is 1.21. The summed E-state index contributed by atoms with van der Waals surface area (Å²) in [6.07, 6.45) is -0.525. The highest BCUT2D eigenvalue weighted by atomic mass is 17.0. The molecular formula is C14H20N2O4. The van der Waals surface area contributed by atoms with E-state index in [1.807, 2.05) is 23.1 Å². The predicted molar refractivity (Wildman–Crippen MR) is 73.7 cm³/mol. The van der Waals surface area contributed by atoms with Crippen LogP contribution in [-0.4, -0.2) is 42.0 Å². The maximum atomic E-state index is 10.4. The number of nitrogens with zero attached hydrogens (tertiary/aromatic N) is 2. The number of morpholine rings is 1. The number of ether oxygens (including phenoxy) is 1. The SMILES string of the molecule is CC(c1ccccc1)C1CN(C(C)O[N+](=O)[O-])CCO1. The molecule has 6 nitrogen and oxygen atoms in total. The van der Waals surface area contributed by atoms with Gasteiger partial charge in [-0.15, -0.1) is 10.1 Å². The largest absolute Gasteiger partial charge is 0.375 e. The summed E-state index contributed by atoms with van der Waals surface area (Å²) in [6.45, 7) is 5.65. The molecule has 110 valence electrons. The Kier molecular flexibility index (Phi) is 4.92. The normalized spacial score (nSPS) is 23.0. The highest BCUT2D eigenvalue weighted by Crippen LogP contribution is 2.24. The summed E-state index contributed by atoms with van der Waals surface area (Å²) < 4.78 is 5.81. The first kappa shape index (κ1) is 14.7. The van der Waals surface area contributed by atoms with Crippen LogP contribution in [0, 0.1) is 10.1 Å². The quantitative estimate of drug-likeness (QED) is 0.610. The van der Waals surface area contributed by atoms with E-state index in [9.17, 15) is 10.1 Å². The summed E-state index contributed by atoms with van der Waals surface area (Å²) in [6, 6.07) is 10.1. The van der Waals surface area contributed by atoms with Gasteiger partial charge < -0.3 is 4.74 Å². The van der Waals surface area contributed by atoms with Crippen LogP contribution in [0.15, 0.2) is 30.3 Å². The highest BCUT2D eigenvalue weighted by molar-refractivity contribution is 5.20. The number of benzene rings is 1. The van der Waals surface area contributed by atoms with Crippen LogP contribution in [0.4, 0.5) is 0 Å². The van der Waals surface area contributed by atoms with Gasteiger partial charge in [-0.05, 0) is 12.5 Å². The van der Waals surface area contributed by atoms with Crippen molar-refractivity contribution in [3.8, 4) is 0 Å². The second kappa shape index (κ2) is 6.67. The summed E-state index contributed by atoms with van der Waals surface area (Å²) >= 11 is 0. The molecule has 1 fully saturated rings. The zero-order valence-corrected chi connectivity index (χ0v) is 11.8. The molecule has 3 unspecified atom stereocenters. The smallest absolute Gasteiger partial charge is 0.296 e. The Hall–Kier alpha value is -1.66. The van der Waals surface area contributed by atoms with Crippen LogP contribution in [0.3, 0.4) is 0 Å². The minimum atomic E-state index is -0.740. The summed E-state index contributed by atoms with van der Waals surface area (Å²) in [5.74, 6) is 0.238. The van der Waals surface area contributed by atoms with Crippen LogP contribution < -0.4 is 0 Å². The molecule has 1 saturated heterocycles. The van der Waals surface area contributed by atoms with Crippen LogP contribution in [0.25, 0.3) is 0 Å². The Labute approximate surface area is 118 Å². The summed E-state index contributed by atoms with van der Waals surface area (Å²) in [7, 11) is 0. The van der Waals surface area contributed by atoms with E-state index in [1.54, 1.807) is 6.92 Å². The maximum Gasteiger partial charge on any atom is 0.296 e. The molecule has 0 radical (unpaired) electrons. The molecule has 0 spiro atoms. The van der Waals surface area contributed by atoms with E-state index in [0.717, 1.165) is 0 Å². The van der Waals surface area contributed by atoms with Gasteiger partial charge in [0.25, 0.3) is 5.09 Å². The van der Waals surface area contributed by atoms with Gasteiger partial charge in [0, 0.05) is 19.0 Å². The van der Waals surface area contributed by atoms with Gasteiger partial charge in [-0.3, -0.25) is 9.74 Å². The monoisotopic (exact) mass is 280 g/mol. The zero-order chi connectivity index (χ0) is 14.5. The number of hydrogen-bond acceptors (Lipinski definition) is 5. The molecular weight excluding hydrogens is 260 g/mol. The molecule has 1 heterocycles. The minimum Gasteiger partial charge on any atom is -0.375 e. The Bertz CT molecular complexity index is 440. The zero-order valence-electron chi connectivity index (χ0n) is 11.8. The Morgan fingerprint density at radius 3 is 2.75 bits per heavy atom. The molecule has 0 bridgehead atoms. The first-order valence-electron chi connectivity index (χ1n) is 6.79. The molecule has 6 heteroatoms. The van der Waals surface area contributed by atoms with Crippen molar-refractivity contribution in [1.82, 2.24) is 4.90 Å². The van der Waals surface area contributed by atoms with Crippen molar-refractivity contribution in [2.75, 3.05) is 19.7 Å². The molecule has 0 amide bonds. The number of rotatable bonds is 5. The van der Waals surface area contributed by atoms with Crippen LogP contribution >= 0.6 is 0 Å². The third kappa shape index (κ3) is 3.68. The lowest BCUT2D eigenvalue weighted by Crippen LogP contribution is -2.49. The van der Waals surface area contributed by atoms with Gasteiger partial charge in [-0.25, -0.2) is 0 Å². The maximum absolute atomic E-state index is 10.4. The van der Waals surface area contributed by atoms with E-state index in [4.69, 9.17) is 4.74 Å². The van der Waals surface area contributed by atoms with Gasteiger partial charge in [-0.2, -0.15) is 0 Å². The fraction of sp³-hybridized carbons (Fsp3) is 0.571. The van der Waals surface area contributed by atoms with Gasteiger partial charge in [0.1, 0.15) is 0 Å². The summed E-state index contributed by atoms with van der Waals surface area (Å²) in [5, 5.41) is 9.67. The minimum absolute atomic E-state index is 0.0176. The van der Waals surface area contributed by atoms with Crippen molar-refractivity contribution in [3.05, 3.63) is 46.0 Å². The molecule has 1 aliphatic heterocycles. The second-order valence-electron chi connectivity index (χ2n) is 5.03. The lowest BCUT2D eigenvalue weighted by molar-refractivity contribution is -0.773. The molecule has 1 aromatic carbocycles.